The molecule has 0 spiro atoms. The second-order valence-electron chi connectivity index (χ2n) is 6.80. The molecule has 0 aliphatic carbocycles. The molecule has 0 atom stereocenters. The Labute approximate surface area is 142 Å². The standard InChI is InChI=1S/C13H21NO2.C6H6N2/c1-5-6-16-9-7-10(13(2,3)4)12(15)11(14)8-9;1-2-4-6-5(3-1)7-8-6/h7-8,15H,5-6,14H2,1-4H3;1-4,7-8H. The van der Waals surface area contributed by atoms with Crippen molar-refractivity contribution in [1.82, 2.24) is 10.2 Å². The number of para-hydroxylation sites is 2. The third-order valence-corrected chi connectivity index (χ3v) is 3.65. The van der Waals surface area contributed by atoms with Crippen molar-refractivity contribution in [3.05, 3.63) is 42.0 Å². The highest BCUT2D eigenvalue weighted by Crippen LogP contribution is 2.38. The lowest BCUT2D eigenvalue weighted by Gasteiger charge is -2.22. The number of phenolic OH excluding ortho intramolecular Hbond substituents is 1. The van der Waals surface area contributed by atoms with Crippen LogP contribution >= 0.6 is 0 Å². The van der Waals surface area contributed by atoms with Gasteiger partial charge in [0.1, 0.15) is 11.5 Å². The molecule has 2 aromatic carbocycles. The van der Waals surface area contributed by atoms with Crippen molar-refractivity contribution < 1.29 is 9.84 Å². The highest BCUT2D eigenvalue weighted by Gasteiger charge is 2.20. The Morgan fingerprint density at radius 1 is 1.08 bits per heavy atom. The van der Waals surface area contributed by atoms with Crippen LogP contribution in [-0.4, -0.2) is 21.9 Å². The topological polar surface area (TPSA) is 87.1 Å². The van der Waals surface area contributed by atoms with Crippen molar-refractivity contribution in [1.29, 1.82) is 0 Å². The number of nitrogens with one attached hydrogen (secondary N) is 2. The number of ether oxygens (including phenoxy) is 1. The summed E-state index contributed by atoms with van der Waals surface area (Å²) in [5, 5.41) is 15.8. The predicted molar refractivity (Wildman–Crippen MR) is 99.7 cm³/mol. The van der Waals surface area contributed by atoms with E-state index in [2.05, 4.69) is 17.1 Å². The average Bonchev–Trinajstić information content (AvgIpc) is 2.49. The molecule has 0 fully saturated rings. The fourth-order valence-corrected chi connectivity index (χ4v) is 2.28. The zero-order chi connectivity index (χ0) is 17.7. The maximum absolute atomic E-state index is 9.90. The Balaban J connectivity index is 0.000000214. The van der Waals surface area contributed by atoms with E-state index in [9.17, 15) is 5.11 Å². The Morgan fingerprint density at radius 2 is 1.67 bits per heavy atom. The molecular formula is C19H27N3O2. The normalized spacial score (nSPS) is 11.2. The first-order valence-electron chi connectivity index (χ1n) is 8.19. The maximum atomic E-state index is 9.90. The van der Waals surface area contributed by atoms with Crippen LogP contribution in [-0.2, 0) is 5.41 Å². The van der Waals surface area contributed by atoms with Gasteiger partial charge in [-0.15, -0.1) is 0 Å². The lowest BCUT2D eigenvalue weighted by atomic mass is 9.86. The molecule has 0 aliphatic heterocycles. The van der Waals surface area contributed by atoms with Crippen LogP contribution in [0.15, 0.2) is 36.4 Å². The van der Waals surface area contributed by atoms with Crippen LogP contribution in [0.3, 0.4) is 0 Å². The third-order valence-electron chi connectivity index (χ3n) is 3.65. The first-order valence-corrected chi connectivity index (χ1v) is 8.19. The van der Waals surface area contributed by atoms with E-state index < -0.39 is 0 Å². The summed E-state index contributed by atoms with van der Waals surface area (Å²) in [6.45, 7) is 8.81. The Morgan fingerprint density at radius 3 is 2.08 bits per heavy atom. The van der Waals surface area contributed by atoms with E-state index >= 15 is 0 Å². The molecule has 3 rings (SSSR count). The minimum absolute atomic E-state index is 0.149. The van der Waals surface area contributed by atoms with Crippen LogP contribution in [0.25, 0.3) is 11.0 Å². The fraction of sp³-hybridized carbons (Fsp3) is 0.368. The molecule has 130 valence electrons. The lowest BCUT2D eigenvalue weighted by molar-refractivity contribution is 0.315. The number of hydrogen-bond acceptors (Lipinski definition) is 3. The van der Waals surface area contributed by atoms with Gasteiger partial charge in [0.05, 0.1) is 23.3 Å². The molecule has 1 aromatic heterocycles. The van der Waals surface area contributed by atoms with Gasteiger partial charge in [-0.1, -0.05) is 39.8 Å². The molecule has 0 unspecified atom stereocenters. The number of nitrogen functional groups attached to an aromatic ring is 1. The van der Waals surface area contributed by atoms with E-state index in [0.29, 0.717) is 12.3 Å². The van der Waals surface area contributed by atoms with Gasteiger partial charge in [0, 0.05) is 11.6 Å². The third kappa shape index (κ3) is 4.25. The Kier molecular flexibility index (Phi) is 5.44. The number of aromatic hydroxyl groups is 1. The fourth-order valence-electron chi connectivity index (χ4n) is 2.28. The molecule has 3 aromatic rings. The van der Waals surface area contributed by atoms with E-state index in [-0.39, 0.29) is 11.2 Å². The summed E-state index contributed by atoms with van der Waals surface area (Å²) in [5.74, 6) is 0.887. The van der Waals surface area contributed by atoms with E-state index in [1.165, 1.54) is 11.0 Å². The van der Waals surface area contributed by atoms with Crippen molar-refractivity contribution in [3.8, 4) is 11.5 Å². The number of aromatic nitrogens is 2. The number of aromatic amines is 2. The molecule has 0 saturated carbocycles. The smallest absolute Gasteiger partial charge is 0.142 e. The molecule has 1 heterocycles. The minimum Gasteiger partial charge on any atom is -0.505 e. The van der Waals surface area contributed by atoms with Crippen LogP contribution in [0.4, 0.5) is 5.69 Å². The average molecular weight is 329 g/mol. The molecule has 24 heavy (non-hydrogen) atoms. The quantitative estimate of drug-likeness (QED) is 0.420. The molecule has 5 nitrogen and oxygen atoms in total. The highest BCUT2D eigenvalue weighted by molar-refractivity contribution is 5.75. The molecule has 5 N–H and O–H groups in total. The van der Waals surface area contributed by atoms with Gasteiger partial charge in [-0.25, -0.2) is 0 Å². The van der Waals surface area contributed by atoms with E-state index in [0.717, 1.165) is 17.7 Å². The van der Waals surface area contributed by atoms with Gasteiger partial charge in [0.15, 0.2) is 0 Å². The molecular weight excluding hydrogens is 302 g/mol. The summed E-state index contributed by atoms with van der Waals surface area (Å²) >= 11 is 0. The van der Waals surface area contributed by atoms with Crippen molar-refractivity contribution in [3.63, 3.8) is 0 Å². The van der Waals surface area contributed by atoms with Gasteiger partial charge in [0.2, 0.25) is 0 Å². The van der Waals surface area contributed by atoms with Gasteiger partial charge < -0.3 is 15.6 Å². The summed E-state index contributed by atoms with van der Waals surface area (Å²) in [6.07, 6.45) is 0.950. The van der Waals surface area contributed by atoms with Crippen molar-refractivity contribution in [2.24, 2.45) is 0 Å². The van der Waals surface area contributed by atoms with E-state index in [1.54, 1.807) is 6.07 Å². The Bertz CT molecular complexity index is 751. The zero-order valence-electron chi connectivity index (χ0n) is 14.8. The van der Waals surface area contributed by atoms with Crippen molar-refractivity contribution >= 4 is 16.7 Å². The first-order chi connectivity index (χ1) is 11.3. The second-order valence-corrected chi connectivity index (χ2v) is 6.80. The van der Waals surface area contributed by atoms with Crippen molar-refractivity contribution in [2.75, 3.05) is 12.3 Å². The van der Waals surface area contributed by atoms with Gasteiger partial charge in [-0.05, 0) is 30.0 Å². The van der Waals surface area contributed by atoms with E-state index in [1.807, 2.05) is 51.1 Å². The highest BCUT2D eigenvalue weighted by atomic mass is 16.5. The number of fused-ring (bicyclic) bond motifs is 1. The number of nitrogens with two attached hydrogens (primary N) is 1. The van der Waals surface area contributed by atoms with Crippen LogP contribution in [0, 0.1) is 0 Å². The molecule has 0 radical (unpaired) electrons. The number of phenols is 1. The number of benzene rings is 2. The first kappa shape index (κ1) is 17.8. The summed E-state index contributed by atoms with van der Waals surface area (Å²) in [5.41, 5.74) is 9.18. The molecule has 0 amide bonds. The molecule has 0 saturated heterocycles. The molecule has 0 aliphatic rings. The number of anilines is 1. The van der Waals surface area contributed by atoms with Crippen LogP contribution in [0.2, 0.25) is 0 Å². The number of rotatable bonds is 3. The van der Waals surface area contributed by atoms with Gasteiger partial charge >= 0.3 is 0 Å². The summed E-state index contributed by atoms with van der Waals surface area (Å²) in [6, 6.07) is 11.6. The Hall–Kier alpha value is -2.56. The van der Waals surface area contributed by atoms with Gasteiger partial charge in [0.25, 0.3) is 0 Å². The summed E-state index contributed by atoms with van der Waals surface area (Å²) in [4.78, 5) is 0. The summed E-state index contributed by atoms with van der Waals surface area (Å²) < 4.78 is 5.54. The predicted octanol–water partition coefficient (Wildman–Crippen LogP) is 4.56. The van der Waals surface area contributed by atoms with Crippen molar-refractivity contribution in [2.45, 2.75) is 39.5 Å². The minimum atomic E-state index is -0.149. The number of hydrogen-bond donors (Lipinski definition) is 4. The number of H-pyrrole nitrogens is 2. The zero-order valence-corrected chi connectivity index (χ0v) is 14.8. The van der Waals surface area contributed by atoms with Crippen LogP contribution < -0.4 is 10.5 Å². The monoisotopic (exact) mass is 329 g/mol. The lowest BCUT2D eigenvalue weighted by Crippen LogP contribution is -2.12. The molecule has 5 heteroatoms. The van der Waals surface area contributed by atoms with Gasteiger partial charge in [-0.2, -0.15) is 0 Å². The van der Waals surface area contributed by atoms with Crippen LogP contribution in [0.5, 0.6) is 11.5 Å². The summed E-state index contributed by atoms with van der Waals surface area (Å²) in [7, 11) is 0. The van der Waals surface area contributed by atoms with E-state index in [4.69, 9.17) is 10.5 Å². The maximum Gasteiger partial charge on any atom is 0.142 e. The van der Waals surface area contributed by atoms with Crippen LogP contribution in [0.1, 0.15) is 39.7 Å². The SMILES string of the molecule is CCCOc1cc(N)c(O)c(C(C)(C)C)c1.c1ccc2[nH][nH]c2c1. The second kappa shape index (κ2) is 7.34. The van der Waals surface area contributed by atoms with Gasteiger partial charge in [-0.3, -0.25) is 10.2 Å². The largest absolute Gasteiger partial charge is 0.505 e. The molecule has 0 bridgehead atoms.